The van der Waals surface area contributed by atoms with E-state index in [0.717, 1.165) is 36.6 Å². The van der Waals surface area contributed by atoms with Crippen LogP contribution in [-0.2, 0) is 12.8 Å². The Morgan fingerprint density at radius 3 is 2.12 bits per heavy atom. The molecule has 0 heterocycles. The summed E-state index contributed by atoms with van der Waals surface area (Å²) in [5.41, 5.74) is 2.54. The van der Waals surface area contributed by atoms with Crippen LogP contribution >= 0.6 is 0 Å². The van der Waals surface area contributed by atoms with Crippen LogP contribution in [0.4, 0.5) is 0 Å². The van der Waals surface area contributed by atoms with Gasteiger partial charge >= 0.3 is 0 Å². The molecule has 1 N–H and O–H groups in total. The van der Waals surface area contributed by atoms with Crippen molar-refractivity contribution in [3.05, 3.63) is 53.6 Å². The molecule has 24 heavy (non-hydrogen) atoms. The van der Waals surface area contributed by atoms with E-state index in [1.807, 2.05) is 24.3 Å². The number of nitrogens with one attached hydrogen (secondary N) is 1. The van der Waals surface area contributed by atoms with Gasteiger partial charge in [0.05, 0.1) is 21.3 Å². The van der Waals surface area contributed by atoms with E-state index in [1.165, 1.54) is 11.1 Å². The van der Waals surface area contributed by atoms with Gasteiger partial charge in [-0.1, -0.05) is 18.2 Å². The largest absolute Gasteiger partial charge is 0.497 e. The Kier molecular flexibility index (Phi) is 6.94. The second kappa shape index (κ2) is 9.18. The first kappa shape index (κ1) is 18.1. The van der Waals surface area contributed by atoms with E-state index in [9.17, 15) is 0 Å². The monoisotopic (exact) mass is 329 g/mol. The number of ether oxygens (including phenoxy) is 3. The van der Waals surface area contributed by atoms with Crippen LogP contribution in [0, 0.1) is 0 Å². The molecule has 4 nitrogen and oxygen atoms in total. The van der Waals surface area contributed by atoms with Gasteiger partial charge < -0.3 is 19.5 Å². The van der Waals surface area contributed by atoms with Gasteiger partial charge in [-0.25, -0.2) is 0 Å². The van der Waals surface area contributed by atoms with Crippen molar-refractivity contribution in [1.29, 1.82) is 0 Å². The zero-order valence-electron chi connectivity index (χ0n) is 15.0. The highest BCUT2D eigenvalue weighted by Crippen LogP contribution is 2.27. The highest BCUT2D eigenvalue weighted by Gasteiger charge is 2.08. The summed E-state index contributed by atoms with van der Waals surface area (Å²) in [6.07, 6.45) is 1.95. The van der Waals surface area contributed by atoms with Crippen molar-refractivity contribution in [2.75, 3.05) is 27.9 Å². The first-order valence-electron chi connectivity index (χ1n) is 8.23. The second-order valence-corrected chi connectivity index (χ2v) is 5.85. The number of hydrogen-bond acceptors (Lipinski definition) is 4. The van der Waals surface area contributed by atoms with Gasteiger partial charge in [-0.05, 0) is 61.7 Å². The summed E-state index contributed by atoms with van der Waals surface area (Å²) in [4.78, 5) is 0. The van der Waals surface area contributed by atoms with Gasteiger partial charge in [-0.2, -0.15) is 0 Å². The first-order chi connectivity index (χ1) is 11.7. The minimum absolute atomic E-state index is 0.390. The van der Waals surface area contributed by atoms with Crippen LogP contribution in [0.15, 0.2) is 42.5 Å². The molecule has 0 bridgehead atoms. The van der Waals surface area contributed by atoms with Gasteiger partial charge in [0.2, 0.25) is 0 Å². The Hall–Kier alpha value is -2.20. The van der Waals surface area contributed by atoms with E-state index in [4.69, 9.17) is 14.2 Å². The highest BCUT2D eigenvalue weighted by atomic mass is 16.5. The molecule has 0 radical (unpaired) electrons. The molecular weight excluding hydrogens is 302 g/mol. The predicted octanol–water partition coefficient (Wildman–Crippen LogP) is 3.48. The third-order valence-electron chi connectivity index (χ3n) is 4.06. The Balaban J connectivity index is 1.81. The molecule has 0 aliphatic rings. The molecule has 0 aliphatic carbocycles. The maximum absolute atomic E-state index is 5.36. The van der Waals surface area contributed by atoms with Crippen LogP contribution in [0.5, 0.6) is 17.2 Å². The Bertz CT molecular complexity index is 625. The Morgan fingerprint density at radius 2 is 1.50 bits per heavy atom. The van der Waals surface area contributed by atoms with Gasteiger partial charge in [-0.15, -0.1) is 0 Å². The van der Waals surface area contributed by atoms with Crippen molar-refractivity contribution in [3.8, 4) is 17.2 Å². The van der Waals surface area contributed by atoms with E-state index < -0.39 is 0 Å². The van der Waals surface area contributed by atoms with Crippen molar-refractivity contribution in [2.45, 2.75) is 25.8 Å². The number of benzene rings is 2. The van der Waals surface area contributed by atoms with E-state index in [-0.39, 0.29) is 0 Å². The van der Waals surface area contributed by atoms with Crippen LogP contribution in [-0.4, -0.2) is 33.9 Å². The predicted molar refractivity (Wildman–Crippen MR) is 97.4 cm³/mol. The molecule has 1 unspecified atom stereocenters. The summed E-state index contributed by atoms with van der Waals surface area (Å²) < 4.78 is 15.8. The molecule has 0 aliphatic heterocycles. The van der Waals surface area contributed by atoms with Crippen LogP contribution in [0.3, 0.4) is 0 Å². The topological polar surface area (TPSA) is 39.7 Å². The molecule has 0 spiro atoms. The molecule has 0 saturated heterocycles. The van der Waals surface area contributed by atoms with Crippen LogP contribution in [0.25, 0.3) is 0 Å². The zero-order chi connectivity index (χ0) is 17.4. The van der Waals surface area contributed by atoms with Gasteiger partial charge in [0, 0.05) is 6.04 Å². The van der Waals surface area contributed by atoms with E-state index in [2.05, 4.69) is 30.4 Å². The van der Waals surface area contributed by atoms with Crippen molar-refractivity contribution in [1.82, 2.24) is 5.32 Å². The molecule has 0 amide bonds. The van der Waals surface area contributed by atoms with Crippen molar-refractivity contribution in [2.24, 2.45) is 0 Å². The Labute approximate surface area is 144 Å². The Morgan fingerprint density at radius 1 is 0.833 bits per heavy atom. The fourth-order valence-electron chi connectivity index (χ4n) is 2.69. The van der Waals surface area contributed by atoms with Gasteiger partial charge in [0.25, 0.3) is 0 Å². The number of hydrogen-bond donors (Lipinski definition) is 1. The number of rotatable bonds is 9. The quantitative estimate of drug-likeness (QED) is 0.764. The molecule has 2 aromatic carbocycles. The molecular formula is C20H27NO3. The van der Waals surface area contributed by atoms with Crippen molar-refractivity contribution >= 4 is 0 Å². The van der Waals surface area contributed by atoms with Crippen LogP contribution < -0.4 is 19.5 Å². The summed E-state index contributed by atoms with van der Waals surface area (Å²) in [5, 5.41) is 3.57. The van der Waals surface area contributed by atoms with Crippen molar-refractivity contribution < 1.29 is 14.2 Å². The molecule has 2 aromatic rings. The van der Waals surface area contributed by atoms with E-state index >= 15 is 0 Å². The molecule has 4 heteroatoms. The van der Waals surface area contributed by atoms with E-state index in [0.29, 0.717) is 6.04 Å². The summed E-state index contributed by atoms with van der Waals surface area (Å²) in [7, 11) is 5.01. The fourth-order valence-corrected chi connectivity index (χ4v) is 2.69. The van der Waals surface area contributed by atoms with Crippen LogP contribution in [0.1, 0.15) is 18.1 Å². The molecule has 0 fully saturated rings. The van der Waals surface area contributed by atoms with Gasteiger partial charge in [0.1, 0.15) is 5.75 Å². The zero-order valence-corrected chi connectivity index (χ0v) is 15.0. The summed E-state index contributed by atoms with van der Waals surface area (Å²) >= 11 is 0. The summed E-state index contributed by atoms with van der Waals surface area (Å²) in [6.45, 7) is 3.14. The SMILES string of the molecule is COc1ccc(CCNC(C)Cc2ccc(OC)c(OC)c2)cc1. The fraction of sp³-hybridized carbons (Fsp3) is 0.400. The molecule has 0 saturated carbocycles. The molecule has 0 aromatic heterocycles. The van der Waals surface area contributed by atoms with Crippen LogP contribution in [0.2, 0.25) is 0 Å². The van der Waals surface area contributed by atoms with Gasteiger partial charge in [0.15, 0.2) is 11.5 Å². The lowest BCUT2D eigenvalue weighted by molar-refractivity contribution is 0.354. The minimum atomic E-state index is 0.390. The third-order valence-corrected chi connectivity index (χ3v) is 4.06. The molecule has 130 valence electrons. The number of methoxy groups -OCH3 is 3. The second-order valence-electron chi connectivity index (χ2n) is 5.85. The normalized spacial score (nSPS) is 11.8. The van der Waals surface area contributed by atoms with Gasteiger partial charge in [-0.3, -0.25) is 0 Å². The lowest BCUT2D eigenvalue weighted by atomic mass is 10.1. The minimum Gasteiger partial charge on any atom is -0.497 e. The maximum atomic E-state index is 5.36. The smallest absolute Gasteiger partial charge is 0.160 e. The van der Waals surface area contributed by atoms with Crippen molar-refractivity contribution in [3.63, 3.8) is 0 Å². The third kappa shape index (κ3) is 5.17. The van der Waals surface area contributed by atoms with E-state index in [1.54, 1.807) is 21.3 Å². The standard InChI is InChI=1S/C20H27NO3/c1-15(13-17-7-10-19(23-3)20(14-17)24-4)21-12-11-16-5-8-18(22-2)9-6-16/h5-10,14-15,21H,11-13H2,1-4H3. The molecule has 2 rings (SSSR count). The summed E-state index contributed by atoms with van der Waals surface area (Å²) in [6, 6.07) is 14.7. The first-order valence-corrected chi connectivity index (χ1v) is 8.23. The average molecular weight is 329 g/mol. The lowest BCUT2D eigenvalue weighted by Gasteiger charge is -2.15. The lowest BCUT2D eigenvalue weighted by Crippen LogP contribution is -2.30. The average Bonchev–Trinajstić information content (AvgIpc) is 2.62. The highest BCUT2D eigenvalue weighted by molar-refractivity contribution is 5.43. The summed E-state index contributed by atoms with van der Waals surface area (Å²) in [5.74, 6) is 2.44. The maximum Gasteiger partial charge on any atom is 0.160 e. The molecule has 1 atom stereocenters.